The molecule has 6 nitrogen and oxygen atoms in total. The highest BCUT2D eigenvalue weighted by Gasteiger charge is 2.32. The number of carbonyl (C=O) groups excluding carboxylic acids is 1. The Morgan fingerprint density at radius 2 is 1.61 bits per heavy atom. The molecule has 1 atom stereocenters. The van der Waals surface area contributed by atoms with Gasteiger partial charge in [-0.1, -0.05) is 30.3 Å². The molecule has 1 aliphatic rings. The van der Waals surface area contributed by atoms with Crippen LogP contribution in [0.2, 0.25) is 0 Å². The maximum absolute atomic E-state index is 13.8. The fourth-order valence-corrected chi connectivity index (χ4v) is 5.02. The molecule has 1 unspecified atom stereocenters. The molecule has 0 N–H and O–H groups in total. The highest BCUT2D eigenvalue weighted by molar-refractivity contribution is 7.89. The van der Waals surface area contributed by atoms with Gasteiger partial charge in [-0.15, -0.1) is 0 Å². The molecular formula is C22H20F2N2O4S. The molecule has 9 heteroatoms. The first-order chi connectivity index (χ1) is 14.9. The minimum atomic E-state index is -3.70. The van der Waals surface area contributed by atoms with Crippen molar-refractivity contribution < 1.29 is 26.7 Å². The smallest absolute Gasteiger partial charge is 0.243 e. The van der Waals surface area contributed by atoms with Crippen LogP contribution in [-0.2, 0) is 14.8 Å². The number of piperazine rings is 1. The Hall–Kier alpha value is -2.88. The summed E-state index contributed by atoms with van der Waals surface area (Å²) < 4.78 is 59.8. The van der Waals surface area contributed by atoms with Gasteiger partial charge in [0.25, 0.3) is 0 Å². The summed E-state index contributed by atoms with van der Waals surface area (Å²) in [5, 5.41) is 1.78. The highest BCUT2D eigenvalue weighted by Crippen LogP contribution is 2.24. The van der Waals surface area contributed by atoms with Gasteiger partial charge in [0.1, 0.15) is 5.82 Å². The molecule has 1 saturated heterocycles. The molecule has 0 saturated carbocycles. The molecule has 1 aliphatic heterocycles. The number of sulfonamides is 1. The summed E-state index contributed by atoms with van der Waals surface area (Å²) in [5.41, 5.74) is 0. The highest BCUT2D eigenvalue weighted by atomic mass is 32.2. The molecule has 1 fully saturated rings. The van der Waals surface area contributed by atoms with Gasteiger partial charge in [0.15, 0.2) is 17.9 Å². The Morgan fingerprint density at radius 3 is 2.29 bits per heavy atom. The second-order valence-corrected chi connectivity index (χ2v) is 9.11. The minimum Gasteiger partial charge on any atom is -0.465 e. The van der Waals surface area contributed by atoms with E-state index < -0.39 is 27.9 Å². The van der Waals surface area contributed by atoms with Gasteiger partial charge >= 0.3 is 0 Å². The molecule has 0 amide bonds. The van der Waals surface area contributed by atoms with Crippen molar-refractivity contribution in [3.8, 4) is 5.75 Å². The van der Waals surface area contributed by atoms with Crippen molar-refractivity contribution in [3.05, 3.63) is 72.3 Å². The van der Waals surface area contributed by atoms with Crippen molar-refractivity contribution in [1.82, 2.24) is 9.21 Å². The number of rotatable bonds is 6. The Labute approximate surface area is 178 Å². The number of benzene rings is 3. The van der Waals surface area contributed by atoms with Crippen molar-refractivity contribution in [1.29, 1.82) is 0 Å². The average molecular weight is 446 g/mol. The fraction of sp³-hybridized carbons (Fsp3) is 0.227. The van der Waals surface area contributed by atoms with Gasteiger partial charge in [-0.3, -0.25) is 9.69 Å². The number of aldehydes is 1. The molecule has 0 aromatic heterocycles. The second kappa shape index (κ2) is 8.70. The van der Waals surface area contributed by atoms with E-state index in [4.69, 9.17) is 4.74 Å². The van der Waals surface area contributed by atoms with Crippen molar-refractivity contribution in [2.24, 2.45) is 0 Å². The minimum absolute atomic E-state index is 0.148. The van der Waals surface area contributed by atoms with Gasteiger partial charge < -0.3 is 4.74 Å². The van der Waals surface area contributed by atoms with Crippen LogP contribution >= 0.6 is 0 Å². The maximum atomic E-state index is 13.8. The summed E-state index contributed by atoms with van der Waals surface area (Å²) in [6, 6.07) is 15.3. The first-order valence-electron chi connectivity index (χ1n) is 9.68. The van der Waals surface area contributed by atoms with E-state index in [-0.39, 0.29) is 36.8 Å². The molecular weight excluding hydrogens is 426 g/mol. The summed E-state index contributed by atoms with van der Waals surface area (Å²) in [5.74, 6) is -1.91. The topological polar surface area (TPSA) is 66.9 Å². The van der Waals surface area contributed by atoms with Crippen LogP contribution in [-0.4, -0.2) is 56.3 Å². The number of carbonyl (C=O) groups is 1. The summed E-state index contributed by atoms with van der Waals surface area (Å²) in [6.45, 7) is 0.738. The predicted molar refractivity (Wildman–Crippen MR) is 111 cm³/mol. The molecule has 4 rings (SSSR count). The second-order valence-electron chi connectivity index (χ2n) is 7.17. The van der Waals surface area contributed by atoms with Crippen molar-refractivity contribution in [3.63, 3.8) is 0 Å². The molecule has 0 bridgehead atoms. The van der Waals surface area contributed by atoms with E-state index in [1.165, 1.54) is 4.31 Å². The van der Waals surface area contributed by atoms with Gasteiger partial charge in [-0.2, -0.15) is 4.31 Å². The number of halogens is 2. The summed E-state index contributed by atoms with van der Waals surface area (Å²) in [6.07, 6.45) is -0.596. The lowest BCUT2D eigenvalue weighted by Gasteiger charge is -2.36. The van der Waals surface area contributed by atoms with Crippen molar-refractivity contribution >= 4 is 27.1 Å². The van der Waals surface area contributed by atoms with E-state index >= 15 is 0 Å². The Morgan fingerprint density at radius 1 is 0.903 bits per heavy atom. The monoisotopic (exact) mass is 446 g/mol. The zero-order chi connectivity index (χ0) is 22.0. The molecule has 3 aromatic carbocycles. The van der Waals surface area contributed by atoms with Crippen LogP contribution in [0.5, 0.6) is 5.75 Å². The Kier molecular flexibility index (Phi) is 5.99. The van der Waals surface area contributed by atoms with Crippen LogP contribution < -0.4 is 4.74 Å². The largest absolute Gasteiger partial charge is 0.465 e. The molecule has 31 heavy (non-hydrogen) atoms. The van der Waals surface area contributed by atoms with Gasteiger partial charge in [-0.25, -0.2) is 17.2 Å². The lowest BCUT2D eigenvalue weighted by Crippen LogP contribution is -2.53. The van der Waals surface area contributed by atoms with E-state index in [1.807, 2.05) is 24.3 Å². The lowest BCUT2D eigenvalue weighted by molar-refractivity contribution is -0.122. The van der Waals surface area contributed by atoms with E-state index in [9.17, 15) is 22.0 Å². The SMILES string of the molecule is O=CC(Oc1ccc(F)cc1F)N1CCN(S(=O)(=O)c2ccc3ccccc3c2)CC1. The first-order valence-corrected chi connectivity index (χ1v) is 11.1. The van der Waals surface area contributed by atoms with Crippen LogP contribution in [0.1, 0.15) is 0 Å². The third-order valence-corrected chi connectivity index (χ3v) is 7.14. The molecule has 0 aliphatic carbocycles. The molecule has 162 valence electrons. The number of hydrogen-bond donors (Lipinski definition) is 0. The Balaban J connectivity index is 1.45. The maximum Gasteiger partial charge on any atom is 0.243 e. The predicted octanol–water partition coefficient (Wildman–Crippen LogP) is 3.03. The van der Waals surface area contributed by atoms with Crippen molar-refractivity contribution in [2.45, 2.75) is 11.1 Å². The number of hydrogen-bond acceptors (Lipinski definition) is 5. The fourth-order valence-electron chi connectivity index (χ4n) is 3.56. The third kappa shape index (κ3) is 4.43. The molecule has 1 heterocycles. The van der Waals surface area contributed by atoms with Crippen LogP contribution in [0.25, 0.3) is 10.8 Å². The van der Waals surface area contributed by atoms with Gasteiger partial charge in [0.2, 0.25) is 16.3 Å². The van der Waals surface area contributed by atoms with Gasteiger partial charge in [0, 0.05) is 32.2 Å². The van der Waals surface area contributed by atoms with Crippen LogP contribution in [0.3, 0.4) is 0 Å². The summed E-state index contributed by atoms with van der Waals surface area (Å²) in [4.78, 5) is 13.3. The zero-order valence-electron chi connectivity index (χ0n) is 16.4. The van der Waals surface area contributed by atoms with Crippen LogP contribution in [0, 0.1) is 11.6 Å². The van der Waals surface area contributed by atoms with Crippen LogP contribution in [0.15, 0.2) is 65.6 Å². The quantitative estimate of drug-likeness (QED) is 0.545. The summed E-state index contributed by atoms with van der Waals surface area (Å²) >= 11 is 0. The van der Waals surface area contributed by atoms with Crippen molar-refractivity contribution in [2.75, 3.05) is 26.2 Å². The van der Waals surface area contributed by atoms with E-state index in [2.05, 4.69) is 0 Å². The Bertz CT molecular complexity index is 1210. The molecule has 0 radical (unpaired) electrons. The number of fused-ring (bicyclic) bond motifs is 1. The van der Waals surface area contributed by atoms with Gasteiger partial charge in [-0.05, 0) is 35.0 Å². The standard InChI is InChI=1S/C22H20F2N2O4S/c23-18-6-8-21(20(24)14-18)30-22(15-27)25-9-11-26(12-10-25)31(28,29)19-7-5-16-3-1-2-4-17(16)13-19/h1-8,13-15,22H,9-12H2. The van der Waals surface area contributed by atoms with Crippen LogP contribution in [0.4, 0.5) is 8.78 Å². The molecule has 3 aromatic rings. The van der Waals surface area contributed by atoms with E-state index in [0.717, 1.165) is 22.9 Å². The first kappa shape index (κ1) is 21.4. The third-order valence-electron chi connectivity index (χ3n) is 5.25. The van der Waals surface area contributed by atoms with E-state index in [0.29, 0.717) is 12.4 Å². The molecule has 0 spiro atoms. The summed E-state index contributed by atoms with van der Waals surface area (Å²) in [7, 11) is -3.70. The van der Waals surface area contributed by atoms with Gasteiger partial charge in [0.05, 0.1) is 4.90 Å². The normalized spacial score (nSPS) is 16.8. The zero-order valence-corrected chi connectivity index (χ0v) is 17.3. The lowest BCUT2D eigenvalue weighted by atomic mass is 10.1. The number of nitrogens with zero attached hydrogens (tertiary/aromatic N) is 2. The average Bonchev–Trinajstić information content (AvgIpc) is 2.78. The number of ether oxygens (including phenoxy) is 1. The van der Waals surface area contributed by atoms with E-state index in [1.54, 1.807) is 23.1 Å².